The van der Waals surface area contributed by atoms with Crippen molar-refractivity contribution in [3.8, 4) is 17.3 Å². The van der Waals surface area contributed by atoms with Crippen molar-refractivity contribution in [2.24, 2.45) is 0 Å². The molecule has 0 saturated carbocycles. The Labute approximate surface area is 161 Å². The topological polar surface area (TPSA) is 98.4 Å². The highest BCUT2D eigenvalue weighted by Gasteiger charge is 2.31. The lowest BCUT2D eigenvalue weighted by Crippen LogP contribution is -2.24. The number of ether oxygens (including phenoxy) is 1. The van der Waals surface area contributed by atoms with Gasteiger partial charge in [0.05, 0.1) is 18.4 Å². The first kappa shape index (κ1) is 20.0. The third-order valence-electron chi connectivity index (χ3n) is 3.90. The quantitative estimate of drug-likeness (QED) is 0.673. The van der Waals surface area contributed by atoms with Crippen molar-refractivity contribution >= 4 is 5.91 Å². The van der Waals surface area contributed by atoms with E-state index in [1.165, 1.54) is 42.2 Å². The summed E-state index contributed by atoms with van der Waals surface area (Å²) in [5, 5.41) is 12.6. The second-order valence-corrected chi connectivity index (χ2v) is 5.90. The summed E-state index contributed by atoms with van der Waals surface area (Å²) in [6.45, 7) is 0.0428. The fourth-order valence-corrected chi connectivity index (χ4v) is 2.65. The summed E-state index contributed by atoms with van der Waals surface area (Å²) < 4.78 is 42.7. The normalized spacial score (nSPS) is 11.3. The predicted molar refractivity (Wildman–Crippen MR) is 95.1 cm³/mol. The van der Waals surface area contributed by atoms with Crippen LogP contribution < -0.4 is 15.7 Å². The van der Waals surface area contributed by atoms with E-state index >= 15 is 0 Å². The lowest BCUT2D eigenvalue weighted by molar-refractivity contribution is -0.274. The first-order valence-corrected chi connectivity index (χ1v) is 8.22. The highest BCUT2D eigenvalue weighted by molar-refractivity contribution is 5.92. The number of pyridine rings is 1. The molecule has 8 nitrogen and oxygen atoms in total. The van der Waals surface area contributed by atoms with E-state index in [9.17, 15) is 27.9 Å². The molecule has 1 aromatic carbocycles. The van der Waals surface area contributed by atoms with Gasteiger partial charge in [0.2, 0.25) is 5.88 Å². The number of nitrogens with zero attached hydrogens (tertiary/aromatic N) is 3. The zero-order chi connectivity index (χ0) is 21.2. The molecule has 3 rings (SSSR count). The zero-order valence-corrected chi connectivity index (χ0v) is 15.0. The fraction of sp³-hybridized carbons (Fsp3) is 0.167. The maximum atomic E-state index is 12.6. The van der Waals surface area contributed by atoms with E-state index in [4.69, 9.17) is 0 Å². The molecule has 2 heterocycles. The molecule has 2 N–H and O–H groups in total. The average molecular weight is 408 g/mol. The number of carbonyl (C=O) groups is 1. The number of hydrogen-bond donors (Lipinski definition) is 2. The molecule has 0 spiro atoms. The Morgan fingerprint density at radius 2 is 1.93 bits per heavy atom. The molecule has 0 fully saturated rings. The van der Waals surface area contributed by atoms with E-state index in [0.29, 0.717) is 5.56 Å². The van der Waals surface area contributed by atoms with Crippen molar-refractivity contribution in [1.82, 2.24) is 19.4 Å². The van der Waals surface area contributed by atoms with Crippen LogP contribution in [0.4, 0.5) is 13.2 Å². The second-order valence-electron chi connectivity index (χ2n) is 5.90. The molecule has 152 valence electrons. The standard InChI is InChI=1S/C18H15F3N4O4/c1-22-16(27)14-8-11(6-7-23-14)9-24-10-15(26)25(17(24)28)12-2-4-13(5-3-12)29-18(19,20)21/h2-8,10,26H,9H2,1H3,(H,22,27). The van der Waals surface area contributed by atoms with Crippen molar-refractivity contribution in [3.05, 3.63) is 70.5 Å². The van der Waals surface area contributed by atoms with E-state index < -0.39 is 23.7 Å². The number of hydrogen-bond acceptors (Lipinski definition) is 5. The molecule has 0 aliphatic rings. The summed E-state index contributed by atoms with van der Waals surface area (Å²) in [6.07, 6.45) is -2.23. The third kappa shape index (κ3) is 4.57. The van der Waals surface area contributed by atoms with Gasteiger partial charge in [-0.05, 0) is 42.0 Å². The van der Waals surface area contributed by atoms with Gasteiger partial charge < -0.3 is 15.2 Å². The smallest absolute Gasteiger partial charge is 0.493 e. The van der Waals surface area contributed by atoms with Gasteiger partial charge in [0.25, 0.3) is 5.91 Å². The number of rotatable bonds is 5. The number of aromatic nitrogens is 3. The Morgan fingerprint density at radius 3 is 2.55 bits per heavy atom. The van der Waals surface area contributed by atoms with Crippen LogP contribution in [0.2, 0.25) is 0 Å². The van der Waals surface area contributed by atoms with Gasteiger partial charge in [0, 0.05) is 13.2 Å². The highest BCUT2D eigenvalue weighted by Crippen LogP contribution is 2.24. The Balaban J connectivity index is 1.88. The molecule has 2 aromatic heterocycles. The Morgan fingerprint density at radius 1 is 1.24 bits per heavy atom. The molecule has 0 atom stereocenters. The van der Waals surface area contributed by atoms with Crippen LogP contribution in [0.5, 0.6) is 11.6 Å². The summed E-state index contributed by atoms with van der Waals surface area (Å²) in [4.78, 5) is 28.3. The monoisotopic (exact) mass is 408 g/mol. The molecule has 29 heavy (non-hydrogen) atoms. The minimum absolute atomic E-state index is 0.0428. The third-order valence-corrected chi connectivity index (χ3v) is 3.90. The molecule has 3 aromatic rings. The molecule has 0 aliphatic carbocycles. The molecular weight excluding hydrogens is 393 g/mol. The van der Waals surface area contributed by atoms with Crippen LogP contribution in [-0.4, -0.2) is 38.5 Å². The summed E-state index contributed by atoms with van der Waals surface area (Å²) in [5.41, 5.74) is 0.292. The minimum atomic E-state index is -4.83. The predicted octanol–water partition coefficient (Wildman–Crippen LogP) is 2.05. The summed E-state index contributed by atoms with van der Waals surface area (Å²) in [5.74, 6) is -1.24. The molecular formula is C18H15F3N4O4. The van der Waals surface area contributed by atoms with Crippen molar-refractivity contribution in [1.29, 1.82) is 0 Å². The van der Waals surface area contributed by atoms with Crippen LogP contribution in [0.25, 0.3) is 5.69 Å². The van der Waals surface area contributed by atoms with Gasteiger partial charge in [-0.2, -0.15) is 0 Å². The van der Waals surface area contributed by atoms with Crippen LogP contribution in [0.15, 0.2) is 53.6 Å². The Hall–Kier alpha value is -3.76. The number of nitrogens with one attached hydrogen (secondary N) is 1. The van der Waals surface area contributed by atoms with E-state index in [0.717, 1.165) is 16.7 Å². The molecule has 0 bridgehead atoms. The molecule has 1 amide bonds. The number of imidazole rings is 1. The molecule has 0 radical (unpaired) electrons. The number of aromatic hydroxyl groups is 1. The van der Waals surface area contributed by atoms with Crippen molar-refractivity contribution in [3.63, 3.8) is 0 Å². The van der Waals surface area contributed by atoms with Gasteiger partial charge in [-0.3, -0.25) is 14.3 Å². The number of halogens is 3. The highest BCUT2D eigenvalue weighted by atomic mass is 19.4. The Bertz CT molecular complexity index is 1090. The fourth-order valence-electron chi connectivity index (χ4n) is 2.65. The van der Waals surface area contributed by atoms with Gasteiger partial charge in [-0.1, -0.05) is 0 Å². The van der Waals surface area contributed by atoms with Crippen LogP contribution >= 0.6 is 0 Å². The van der Waals surface area contributed by atoms with Crippen molar-refractivity contribution in [2.75, 3.05) is 7.05 Å². The SMILES string of the molecule is CNC(=O)c1cc(Cn2cc(O)n(-c3ccc(OC(F)(F)F)cc3)c2=O)ccn1. The minimum Gasteiger partial charge on any atom is -0.493 e. The first-order valence-electron chi connectivity index (χ1n) is 8.22. The summed E-state index contributed by atoms with van der Waals surface area (Å²) >= 11 is 0. The largest absolute Gasteiger partial charge is 0.573 e. The molecule has 0 unspecified atom stereocenters. The Kier molecular flexibility index (Phi) is 5.31. The van der Waals surface area contributed by atoms with Crippen LogP contribution in [0.1, 0.15) is 16.1 Å². The van der Waals surface area contributed by atoms with E-state index in [1.807, 2.05) is 0 Å². The van der Waals surface area contributed by atoms with E-state index in [-0.39, 0.29) is 23.8 Å². The van der Waals surface area contributed by atoms with Gasteiger partial charge in [0.1, 0.15) is 11.4 Å². The number of benzene rings is 1. The van der Waals surface area contributed by atoms with E-state index in [2.05, 4.69) is 15.0 Å². The number of alkyl halides is 3. The van der Waals surface area contributed by atoms with Crippen molar-refractivity contribution in [2.45, 2.75) is 12.9 Å². The zero-order valence-electron chi connectivity index (χ0n) is 15.0. The van der Waals surface area contributed by atoms with Crippen molar-refractivity contribution < 1.29 is 27.8 Å². The average Bonchev–Trinajstić information content (AvgIpc) is 2.94. The number of carbonyl (C=O) groups excluding carboxylic acids is 1. The summed E-state index contributed by atoms with van der Waals surface area (Å²) in [7, 11) is 1.46. The summed E-state index contributed by atoms with van der Waals surface area (Å²) in [6, 6.07) is 7.60. The first-order chi connectivity index (χ1) is 13.7. The second kappa shape index (κ2) is 7.70. The maximum Gasteiger partial charge on any atom is 0.573 e. The van der Waals surface area contributed by atoms with Gasteiger partial charge in [-0.15, -0.1) is 13.2 Å². The van der Waals surface area contributed by atoms with Gasteiger partial charge in [-0.25, -0.2) is 9.36 Å². The lowest BCUT2D eigenvalue weighted by atomic mass is 10.2. The van der Waals surface area contributed by atoms with Gasteiger partial charge >= 0.3 is 12.1 Å². The molecule has 0 aliphatic heterocycles. The maximum absolute atomic E-state index is 12.6. The van der Waals surface area contributed by atoms with E-state index in [1.54, 1.807) is 6.07 Å². The number of amides is 1. The van der Waals surface area contributed by atoms with Crippen LogP contribution in [0, 0.1) is 0 Å². The molecule has 11 heteroatoms. The lowest BCUT2D eigenvalue weighted by Gasteiger charge is -2.09. The van der Waals surface area contributed by atoms with Crippen LogP contribution in [-0.2, 0) is 6.54 Å². The molecule has 0 saturated heterocycles. The van der Waals surface area contributed by atoms with Gasteiger partial charge in [0.15, 0.2) is 0 Å². The van der Waals surface area contributed by atoms with Crippen LogP contribution in [0.3, 0.4) is 0 Å².